The summed E-state index contributed by atoms with van der Waals surface area (Å²) in [6.45, 7) is 5.62. The van der Waals surface area contributed by atoms with Gasteiger partial charge in [0.25, 0.3) is 0 Å². The first kappa shape index (κ1) is 15.2. The summed E-state index contributed by atoms with van der Waals surface area (Å²) in [5, 5.41) is 10.6. The van der Waals surface area contributed by atoms with Gasteiger partial charge in [0.2, 0.25) is 0 Å². The molecule has 2 saturated heterocycles. The van der Waals surface area contributed by atoms with E-state index in [-0.39, 0.29) is 18.2 Å². The molecule has 0 saturated carbocycles. The van der Waals surface area contributed by atoms with E-state index < -0.39 is 11.2 Å². The molecule has 2 atom stereocenters. The summed E-state index contributed by atoms with van der Waals surface area (Å²) in [6.07, 6.45) is 9.53. The van der Waals surface area contributed by atoms with Crippen LogP contribution in [0.4, 0.5) is 4.79 Å². The summed E-state index contributed by atoms with van der Waals surface area (Å²) >= 11 is 0. The van der Waals surface area contributed by atoms with E-state index in [0.29, 0.717) is 19.3 Å². The van der Waals surface area contributed by atoms with Crippen molar-refractivity contribution >= 4 is 6.09 Å². The summed E-state index contributed by atoms with van der Waals surface area (Å²) in [6, 6.07) is 0.103. The predicted octanol–water partition coefficient (Wildman–Crippen LogP) is 2.69. The van der Waals surface area contributed by atoms with Gasteiger partial charge in [-0.2, -0.15) is 0 Å². The maximum atomic E-state index is 12.4. The van der Waals surface area contributed by atoms with Gasteiger partial charge in [-0.1, -0.05) is 0 Å². The van der Waals surface area contributed by atoms with Crippen molar-refractivity contribution in [3.05, 3.63) is 0 Å². The molecule has 2 unspecified atom stereocenters. The molecule has 1 amide bonds. The lowest BCUT2D eigenvalue weighted by atomic mass is 9.74. The minimum atomic E-state index is -0.816. The SMILES string of the molecule is C#CCC1(O)CC2CCCC(C1)N2C(=O)OC(C)(C)C. The van der Waals surface area contributed by atoms with E-state index in [2.05, 4.69) is 5.92 Å². The number of hydrogen-bond donors (Lipinski definition) is 1. The lowest BCUT2D eigenvalue weighted by Gasteiger charge is -2.51. The molecular weight excluding hydrogens is 254 g/mol. The number of nitrogens with zero attached hydrogens (tertiary/aromatic N) is 1. The summed E-state index contributed by atoms with van der Waals surface area (Å²) in [5.41, 5.74) is -1.30. The van der Waals surface area contributed by atoms with Crippen LogP contribution in [0.15, 0.2) is 0 Å². The van der Waals surface area contributed by atoms with Gasteiger partial charge in [-0.15, -0.1) is 12.3 Å². The molecule has 112 valence electrons. The van der Waals surface area contributed by atoms with E-state index in [9.17, 15) is 9.90 Å². The van der Waals surface area contributed by atoms with E-state index in [0.717, 1.165) is 19.3 Å². The molecule has 1 N–H and O–H groups in total. The number of fused-ring (bicyclic) bond motifs is 2. The lowest BCUT2D eigenvalue weighted by Crippen LogP contribution is -2.60. The van der Waals surface area contributed by atoms with Crippen LogP contribution in [0.25, 0.3) is 0 Å². The minimum Gasteiger partial charge on any atom is -0.444 e. The van der Waals surface area contributed by atoms with Gasteiger partial charge in [0, 0.05) is 18.5 Å². The number of carbonyl (C=O) groups is 1. The van der Waals surface area contributed by atoms with Crippen molar-refractivity contribution in [1.82, 2.24) is 4.90 Å². The molecule has 0 radical (unpaired) electrons. The van der Waals surface area contributed by atoms with Crippen molar-refractivity contribution in [1.29, 1.82) is 0 Å². The van der Waals surface area contributed by atoms with Crippen LogP contribution in [0.5, 0.6) is 0 Å². The Morgan fingerprint density at radius 1 is 1.40 bits per heavy atom. The molecule has 4 heteroatoms. The highest BCUT2D eigenvalue weighted by Crippen LogP contribution is 2.41. The highest BCUT2D eigenvalue weighted by atomic mass is 16.6. The second kappa shape index (κ2) is 5.29. The van der Waals surface area contributed by atoms with Gasteiger partial charge in [0.1, 0.15) is 5.60 Å². The standard InChI is InChI=1S/C16H25NO3/c1-5-9-16(19)10-12-7-6-8-13(11-16)17(12)14(18)20-15(2,3)4/h1,12-13,19H,6-11H2,2-4H3. The van der Waals surface area contributed by atoms with Crippen LogP contribution in [-0.2, 0) is 4.74 Å². The first-order valence-electron chi connectivity index (χ1n) is 7.41. The van der Waals surface area contributed by atoms with Crippen molar-refractivity contribution in [2.45, 2.75) is 82.6 Å². The first-order chi connectivity index (χ1) is 9.24. The zero-order valence-electron chi connectivity index (χ0n) is 12.7. The van der Waals surface area contributed by atoms with Crippen molar-refractivity contribution in [2.24, 2.45) is 0 Å². The Bertz CT molecular complexity index is 404. The van der Waals surface area contributed by atoms with Gasteiger partial charge in [-0.3, -0.25) is 0 Å². The lowest BCUT2D eigenvalue weighted by molar-refractivity contribution is -0.0898. The van der Waals surface area contributed by atoms with Gasteiger partial charge >= 0.3 is 6.09 Å². The molecule has 2 bridgehead atoms. The molecule has 0 aromatic carbocycles. The summed E-state index contributed by atoms with van der Waals surface area (Å²) in [7, 11) is 0. The normalized spacial score (nSPS) is 33.5. The topological polar surface area (TPSA) is 49.8 Å². The minimum absolute atomic E-state index is 0.0516. The van der Waals surface area contributed by atoms with Crippen molar-refractivity contribution in [3.8, 4) is 12.3 Å². The van der Waals surface area contributed by atoms with E-state index in [1.54, 1.807) is 0 Å². The monoisotopic (exact) mass is 279 g/mol. The van der Waals surface area contributed by atoms with Crippen molar-refractivity contribution in [2.75, 3.05) is 0 Å². The number of hydrogen-bond acceptors (Lipinski definition) is 3. The molecule has 2 aliphatic rings. The molecule has 4 nitrogen and oxygen atoms in total. The Kier molecular flexibility index (Phi) is 4.02. The number of aliphatic hydroxyl groups is 1. The van der Waals surface area contributed by atoms with Crippen LogP contribution in [0, 0.1) is 12.3 Å². The largest absolute Gasteiger partial charge is 0.444 e. The molecule has 2 fully saturated rings. The second-order valence-corrected chi connectivity index (χ2v) is 7.14. The number of amides is 1. The van der Waals surface area contributed by atoms with Crippen LogP contribution >= 0.6 is 0 Å². The van der Waals surface area contributed by atoms with Crippen LogP contribution < -0.4 is 0 Å². The second-order valence-electron chi connectivity index (χ2n) is 7.14. The third-order valence-corrected chi connectivity index (χ3v) is 4.13. The van der Waals surface area contributed by atoms with Crippen LogP contribution in [0.3, 0.4) is 0 Å². The third-order valence-electron chi connectivity index (χ3n) is 4.13. The molecule has 0 aromatic heterocycles. The average molecular weight is 279 g/mol. The fourth-order valence-corrected chi connectivity index (χ4v) is 3.47. The Labute approximate surface area is 121 Å². The highest BCUT2D eigenvalue weighted by molar-refractivity contribution is 5.69. The van der Waals surface area contributed by atoms with Crippen LogP contribution in [0.2, 0.25) is 0 Å². The van der Waals surface area contributed by atoms with Gasteiger partial charge in [-0.25, -0.2) is 4.79 Å². The Balaban J connectivity index is 2.13. The van der Waals surface area contributed by atoms with E-state index in [1.807, 2.05) is 25.7 Å². The maximum absolute atomic E-state index is 12.4. The fraction of sp³-hybridized carbons (Fsp3) is 0.812. The smallest absolute Gasteiger partial charge is 0.410 e. The Hall–Kier alpha value is -1.21. The number of terminal acetylenes is 1. The summed E-state index contributed by atoms with van der Waals surface area (Å²) in [5.74, 6) is 2.56. The zero-order chi connectivity index (χ0) is 15.0. The van der Waals surface area contributed by atoms with E-state index >= 15 is 0 Å². The molecule has 2 rings (SSSR count). The van der Waals surface area contributed by atoms with E-state index in [4.69, 9.17) is 11.2 Å². The van der Waals surface area contributed by atoms with Crippen molar-refractivity contribution in [3.63, 3.8) is 0 Å². The van der Waals surface area contributed by atoms with Crippen LogP contribution in [0.1, 0.15) is 59.3 Å². The Morgan fingerprint density at radius 2 is 1.95 bits per heavy atom. The van der Waals surface area contributed by atoms with Gasteiger partial charge in [0.15, 0.2) is 0 Å². The average Bonchev–Trinajstić information content (AvgIpc) is 2.24. The molecule has 2 aliphatic heterocycles. The molecule has 0 aromatic rings. The molecule has 0 spiro atoms. The Morgan fingerprint density at radius 3 is 2.40 bits per heavy atom. The molecular formula is C16H25NO3. The number of ether oxygens (including phenoxy) is 1. The summed E-state index contributed by atoms with van der Waals surface area (Å²) in [4.78, 5) is 14.2. The first-order valence-corrected chi connectivity index (χ1v) is 7.41. The maximum Gasteiger partial charge on any atom is 0.410 e. The van der Waals surface area contributed by atoms with Gasteiger partial charge in [-0.05, 0) is 52.9 Å². The number of carbonyl (C=O) groups excluding carboxylic acids is 1. The molecule has 0 aliphatic carbocycles. The third kappa shape index (κ3) is 3.27. The molecule has 20 heavy (non-hydrogen) atoms. The fourth-order valence-electron chi connectivity index (χ4n) is 3.47. The highest BCUT2D eigenvalue weighted by Gasteiger charge is 2.47. The zero-order valence-corrected chi connectivity index (χ0v) is 12.7. The summed E-state index contributed by atoms with van der Waals surface area (Å²) < 4.78 is 5.51. The number of piperidine rings is 2. The quantitative estimate of drug-likeness (QED) is 0.751. The molecule has 2 heterocycles. The van der Waals surface area contributed by atoms with Gasteiger partial charge in [0.05, 0.1) is 5.60 Å². The van der Waals surface area contributed by atoms with Crippen molar-refractivity contribution < 1.29 is 14.6 Å². The predicted molar refractivity (Wildman–Crippen MR) is 77.1 cm³/mol. The van der Waals surface area contributed by atoms with Gasteiger partial charge < -0.3 is 14.7 Å². The van der Waals surface area contributed by atoms with Crippen LogP contribution in [-0.4, -0.2) is 39.4 Å². The number of rotatable bonds is 1. The van der Waals surface area contributed by atoms with E-state index in [1.165, 1.54) is 0 Å².